The van der Waals surface area contributed by atoms with Crippen LogP contribution >= 0.6 is 0 Å². The minimum absolute atomic E-state index is 1.04. The molecule has 0 aromatic rings. The van der Waals surface area contributed by atoms with Gasteiger partial charge in [-0.05, 0) is 0 Å². The minimum atomic E-state index is 1.04. The summed E-state index contributed by atoms with van der Waals surface area (Å²) in [7, 11) is 0. The van der Waals surface area contributed by atoms with Crippen LogP contribution in [0, 0.1) is 4.91 Å². The van der Waals surface area contributed by atoms with Crippen LogP contribution in [-0.2, 0) is 22.6 Å². The molecule has 0 saturated heterocycles. The first-order valence-corrected chi connectivity index (χ1v) is 1.55. The predicted octanol–water partition coefficient (Wildman–Crippen LogP) is 0.146. The van der Waals surface area contributed by atoms with Crippen molar-refractivity contribution in [2.24, 2.45) is 5.34 Å². The summed E-state index contributed by atoms with van der Waals surface area (Å²) in [6.45, 7) is 0. The fourth-order valence-electron chi connectivity index (χ4n) is 0. The Morgan fingerprint density at radius 1 is 2.00 bits per heavy atom. The molecule has 0 aromatic heterocycles. The number of rotatable bonds is 1. The van der Waals surface area contributed by atoms with E-state index in [0.717, 1.165) is 19.0 Å². The fraction of sp³-hybridized carbons (Fsp3) is 0. The van der Waals surface area contributed by atoms with Crippen molar-refractivity contribution in [1.82, 2.24) is 0 Å². The molecule has 0 N–H and O–H groups in total. The summed E-state index contributed by atoms with van der Waals surface area (Å²) in [6, 6.07) is 0. The predicted molar refractivity (Wildman–Crippen MR) is 6.88 cm³/mol. The third-order valence-corrected chi connectivity index (χ3v) is 0.216. The fourth-order valence-corrected chi connectivity index (χ4v) is 0. The molecule has 3 nitrogen and oxygen atoms in total. The molecule has 4 heteroatoms. The van der Waals surface area contributed by atoms with Crippen LogP contribution in [-0.4, -0.2) is 0 Å². The Labute approximate surface area is 33.6 Å². The van der Waals surface area contributed by atoms with Crippen LogP contribution in [0.4, 0.5) is 0 Å². The van der Waals surface area contributed by atoms with Gasteiger partial charge in [0.25, 0.3) is 0 Å². The maximum atomic E-state index is 8.71. The first-order valence-electron chi connectivity index (χ1n) is 0.509. The number of hydrogen-bond donors (Lipinski definition) is 0. The van der Waals surface area contributed by atoms with Gasteiger partial charge in [0.05, 0.1) is 0 Å². The molecule has 0 unspecified atom stereocenters. The molecule has 0 saturated carbocycles. The molecular formula is NO2Os. The Morgan fingerprint density at radius 2 is 2.25 bits per heavy atom. The SMILES string of the molecule is O=N[O][Os]. The van der Waals surface area contributed by atoms with Crippen LogP contribution in [0.15, 0.2) is 5.34 Å². The Hall–Kier alpha value is 0.0364. The van der Waals surface area contributed by atoms with Crippen molar-refractivity contribution in [2.75, 3.05) is 0 Å². The van der Waals surface area contributed by atoms with E-state index in [0.29, 0.717) is 0 Å². The number of hydrogen-bond acceptors (Lipinski definition) is 3. The van der Waals surface area contributed by atoms with E-state index in [4.69, 9.17) is 4.91 Å². The first kappa shape index (κ1) is 4.04. The topological polar surface area (TPSA) is 38.7 Å². The van der Waals surface area contributed by atoms with Gasteiger partial charge in [0.1, 0.15) is 0 Å². The molecule has 4 heavy (non-hydrogen) atoms. The van der Waals surface area contributed by atoms with E-state index in [-0.39, 0.29) is 0 Å². The zero-order valence-corrected chi connectivity index (χ0v) is 4.16. The molecule has 0 aromatic carbocycles. The van der Waals surface area contributed by atoms with E-state index >= 15 is 0 Å². The Kier molecular flexibility index (Phi) is 3.06. The Bertz CT molecular complexity index is 20.0. The van der Waals surface area contributed by atoms with Crippen molar-refractivity contribution >= 4 is 0 Å². The van der Waals surface area contributed by atoms with Crippen molar-refractivity contribution in [3.8, 4) is 0 Å². The molecule has 0 atom stereocenters. The van der Waals surface area contributed by atoms with Gasteiger partial charge in [-0.25, -0.2) is 0 Å². The van der Waals surface area contributed by atoms with Gasteiger partial charge < -0.3 is 0 Å². The summed E-state index contributed by atoms with van der Waals surface area (Å²) in [6.07, 6.45) is 0. The molecular weight excluding hydrogens is 236 g/mol. The van der Waals surface area contributed by atoms with Crippen LogP contribution < -0.4 is 0 Å². The molecule has 0 spiro atoms. The van der Waals surface area contributed by atoms with E-state index in [1.165, 1.54) is 0 Å². The molecule has 25 valence electrons. The van der Waals surface area contributed by atoms with Gasteiger partial charge >= 0.3 is 32.8 Å². The molecule has 0 fully saturated rings. The molecule has 0 aliphatic carbocycles. The van der Waals surface area contributed by atoms with Gasteiger partial charge in [0.15, 0.2) is 0 Å². The Morgan fingerprint density at radius 3 is 2.25 bits per heavy atom. The Balaban J connectivity index is 2.30. The van der Waals surface area contributed by atoms with E-state index < -0.39 is 0 Å². The maximum absolute atomic E-state index is 8.71. The second kappa shape index (κ2) is 3.04. The molecule has 0 rings (SSSR count). The summed E-state index contributed by atoms with van der Waals surface area (Å²) in [5.41, 5.74) is 0. The van der Waals surface area contributed by atoms with Gasteiger partial charge in [-0.3, -0.25) is 0 Å². The van der Waals surface area contributed by atoms with Crippen LogP contribution in [0.1, 0.15) is 0 Å². The molecule has 0 aliphatic rings. The van der Waals surface area contributed by atoms with E-state index in [1.54, 1.807) is 0 Å². The quantitative estimate of drug-likeness (QED) is 0.480. The van der Waals surface area contributed by atoms with Crippen molar-refractivity contribution in [3.63, 3.8) is 0 Å². The first-order chi connectivity index (χ1) is 1.91. The van der Waals surface area contributed by atoms with Crippen LogP contribution in [0.2, 0.25) is 0 Å². The third-order valence-electron chi connectivity index (χ3n) is 0.0264. The molecule has 0 radical (unpaired) electrons. The summed E-state index contributed by atoms with van der Waals surface area (Å²) in [4.78, 5) is 8.71. The third kappa shape index (κ3) is 2.04. The molecule has 0 heterocycles. The van der Waals surface area contributed by atoms with Crippen LogP contribution in [0.3, 0.4) is 0 Å². The average Bonchev–Trinajstić information content (AvgIpc) is 1.37. The van der Waals surface area contributed by atoms with Crippen LogP contribution in [0.5, 0.6) is 0 Å². The second-order valence-electron chi connectivity index (χ2n) is 0.139. The number of nitrogens with zero attached hydrogens (tertiary/aromatic N) is 1. The zero-order chi connectivity index (χ0) is 3.41. The summed E-state index contributed by atoms with van der Waals surface area (Å²) in [5, 5.41) is 2.00. The van der Waals surface area contributed by atoms with E-state index in [2.05, 4.69) is 3.63 Å². The zero-order valence-electron chi connectivity index (χ0n) is 1.62. The summed E-state index contributed by atoms with van der Waals surface area (Å²) < 4.78 is 3.64. The monoisotopic (exact) mass is 238 g/mol. The van der Waals surface area contributed by atoms with Gasteiger partial charge in [-0.2, -0.15) is 0 Å². The van der Waals surface area contributed by atoms with Crippen molar-refractivity contribution in [2.45, 2.75) is 0 Å². The molecule has 0 amide bonds. The average molecular weight is 236 g/mol. The standard InChI is InChI=1S/HNO2.Os/c2-1-3;/h(H,2,3);/q;+1/p-1. The molecule has 0 bridgehead atoms. The van der Waals surface area contributed by atoms with Gasteiger partial charge in [-0.1, -0.05) is 0 Å². The van der Waals surface area contributed by atoms with Crippen molar-refractivity contribution < 1.29 is 22.6 Å². The van der Waals surface area contributed by atoms with Gasteiger partial charge in [0.2, 0.25) is 0 Å². The second-order valence-corrected chi connectivity index (χ2v) is 0.603. The van der Waals surface area contributed by atoms with Gasteiger partial charge in [0, 0.05) is 0 Å². The van der Waals surface area contributed by atoms with E-state index in [1.807, 2.05) is 5.34 Å². The molecule has 0 aliphatic heterocycles. The normalized spacial score (nSPS) is 5.25. The van der Waals surface area contributed by atoms with Crippen LogP contribution in [0.25, 0.3) is 0 Å². The summed E-state index contributed by atoms with van der Waals surface area (Å²) >= 11 is 1.04. The van der Waals surface area contributed by atoms with Crippen molar-refractivity contribution in [3.05, 3.63) is 4.91 Å². The van der Waals surface area contributed by atoms with Gasteiger partial charge in [-0.15, -0.1) is 0 Å². The van der Waals surface area contributed by atoms with Crippen molar-refractivity contribution in [1.29, 1.82) is 0 Å². The summed E-state index contributed by atoms with van der Waals surface area (Å²) in [5.74, 6) is 0. The van der Waals surface area contributed by atoms with E-state index in [9.17, 15) is 0 Å².